The van der Waals surface area contributed by atoms with E-state index in [0.29, 0.717) is 11.3 Å². The summed E-state index contributed by atoms with van der Waals surface area (Å²) in [7, 11) is 0. The van der Waals surface area contributed by atoms with Crippen molar-refractivity contribution in [2.75, 3.05) is 0 Å². The van der Waals surface area contributed by atoms with Crippen molar-refractivity contribution in [3.8, 4) is 17.6 Å². The van der Waals surface area contributed by atoms with Crippen LogP contribution in [-0.2, 0) is 0 Å². The molecule has 1 heterocycles. The van der Waals surface area contributed by atoms with E-state index in [4.69, 9.17) is 5.26 Å². The van der Waals surface area contributed by atoms with E-state index in [9.17, 15) is 9.90 Å². The first kappa shape index (κ1) is 11.9. The molecule has 1 N–H and O–H groups in total. The lowest BCUT2D eigenvalue weighted by molar-refractivity contribution is 0.433. The largest absolute Gasteiger partial charge is 0.493 e. The summed E-state index contributed by atoms with van der Waals surface area (Å²) in [4.78, 5) is 11.9. The molecule has 18 heavy (non-hydrogen) atoms. The molecule has 0 fully saturated rings. The lowest BCUT2D eigenvalue weighted by atomic mass is 10.1. The second-order valence-electron chi connectivity index (χ2n) is 4.15. The lowest BCUT2D eigenvalue weighted by Crippen LogP contribution is -2.19. The van der Waals surface area contributed by atoms with E-state index < -0.39 is 0 Å². The highest BCUT2D eigenvalue weighted by molar-refractivity contribution is 5.49. The minimum atomic E-state index is -0.352. The van der Waals surface area contributed by atoms with Gasteiger partial charge in [-0.3, -0.25) is 4.79 Å². The molecular weight excluding hydrogens is 228 g/mol. The molecule has 2 aromatic rings. The zero-order valence-electron chi connectivity index (χ0n) is 10.1. The molecule has 1 aromatic carbocycles. The molecule has 0 amide bonds. The summed E-state index contributed by atoms with van der Waals surface area (Å²) in [6.07, 6.45) is 0. The molecule has 4 nitrogen and oxygen atoms in total. The Hall–Kier alpha value is -2.54. The van der Waals surface area contributed by atoms with E-state index in [-0.39, 0.29) is 17.0 Å². The summed E-state index contributed by atoms with van der Waals surface area (Å²) in [6.45, 7) is 3.52. The van der Waals surface area contributed by atoms with Crippen molar-refractivity contribution in [2.45, 2.75) is 13.8 Å². The van der Waals surface area contributed by atoms with Crippen LogP contribution in [0, 0.1) is 25.2 Å². The van der Waals surface area contributed by atoms with Gasteiger partial charge in [0, 0.05) is 6.07 Å². The zero-order chi connectivity index (χ0) is 13.3. The molecule has 0 radical (unpaired) electrons. The average molecular weight is 240 g/mol. The van der Waals surface area contributed by atoms with Crippen molar-refractivity contribution in [1.82, 2.24) is 4.57 Å². The first-order valence-corrected chi connectivity index (χ1v) is 5.47. The van der Waals surface area contributed by atoms with Crippen molar-refractivity contribution in [3.05, 3.63) is 57.4 Å². The van der Waals surface area contributed by atoms with Crippen molar-refractivity contribution in [3.63, 3.8) is 0 Å². The Balaban J connectivity index is 2.81. The highest BCUT2D eigenvalue weighted by atomic mass is 16.3. The maximum Gasteiger partial charge on any atom is 0.258 e. The van der Waals surface area contributed by atoms with Gasteiger partial charge in [0.15, 0.2) is 0 Å². The van der Waals surface area contributed by atoms with Gasteiger partial charge in [0.1, 0.15) is 11.6 Å². The maximum atomic E-state index is 11.9. The molecule has 0 aliphatic rings. The van der Waals surface area contributed by atoms with E-state index in [0.717, 1.165) is 10.1 Å². The predicted octanol–water partition coefficient (Wildman–Crippen LogP) is 2.03. The monoisotopic (exact) mass is 240 g/mol. The van der Waals surface area contributed by atoms with E-state index in [1.165, 1.54) is 6.07 Å². The number of nitrogens with zero attached hydrogens (tertiary/aromatic N) is 2. The molecular formula is C14H12N2O2. The highest BCUT2D eigenvalue weighted by Gasteiger charge is 2.13. The number of hydrogen-bond donors (Lipinski definition) is 1. The van der Waals surface area contributed by atoms with Crippen LogP contribution < -0.4 is 5.56 Å². The maximum absolute atomic E-state index is 11.9. The number of aromatic nitrogens is 1. The Morgan fingerprint density at radius 1 is 1.28 bits per heavy atom. The number of rotatable bonds is 1. The van der Waals surface area contributed by atoms with Gasteiger partial charge in [-0.05, 0) is 37.1 Å². The van der Waals surface area contributed by atoms with Gasteiger partial charge in [-0.2, -0.15) is 5.26 Å². The van der Waals surface area contributed by atoms with Gasteiger partial charge >= 0.3 is 0 Å². The van der Waals surface area contributed by atoms with Gasteiger partial charge in [-0.1, -0.05) is 12.1 Å². The van der Waals surface area contributed by atoms with Gasteiger partial charge in [0.05, 0.1) is 5.69 Å². The third kappa shape index (κ3) is 1.87. The smallest absolute Gasteiger partial charge is 0.258 e. The number of aryl methyl sites for hydroxylation is 2. The number of benzene rings is 1. The van der Waals surface area contributed by atoms with E-state index in [1.54, 1.807) is 25.1 Å². The number of hydrogen-bond acceptors (Lipinski definition) is 3. The molecule has 0 unspecified atom stereocenters. The van der Waals surface area contributed by atoms with Crippen LogP contribution >= 0.6 is 0 Å². The van der Waals surface area contributed by atoms with Gasteiger partial charge in [0.25, 0.3) is 5.56 Å². The van der Waals surface area contributed by atoms with E-state index >= 15 is 0 Å². The van der Waals surface area contributed by atoms with Crippen LogP contribution in [0.4, 0.5) is 0 Å². The van der Waals surface area contributed by atoms with Gasteiger partial charge in [-0.15, -0.1) is 0 Å². The summed E-state index contributed by atoms with van der Waals surface area (Å²) >= 11 is 0. The number of pyridine rings is 1. The fourth-order valence-electron chi connectivity index (χ4n) is 1.87. The highest BCUT2D eigenvalue weighted by Crippen LogP contribution is 2.21. The molecule has 0 bridgehead atoms. The fourth-order valence-corrected chi connectivity index (χ4v) is 1.87. The van der Waals surface area contributed by atoms with Crippen LogP contribution in [0.15, 0.2) is 35.1 Å². The molecule has 2 rings (SSSR count). The van der Waals surface area contributed by atoms with E-state index in [2.05, 4.69) is 0 Å². The van der Waals surface area contributed by atoms with Gasteiger partial charge in [0.2, 0.25) is 5.88 Å². The molecule has 0 spiro atoms. The Kier molecular flexibility index (Phi) is 2.90. The quantitative estimate of drug-likeness (QED) is 0.829. The van der Waals surface area contributed by atoms with Crippen molar-refractivity contribution >= 4 is 0 Å². The summed E-state index contributed by atoms with van der Waals surface area (Å²) in [5, 5.41) is 19.0. The third-order valence-corrected chi connectivity index (χ3v) is 2.76. The second-order valence-corrected chi connectivity index (χ2v) is 4.15. The lowest BCUT2D eigenvalue weighted by Gasteiger charge is -2.11. The minimum absolute atomic E-state index is 0.121. The standard InChI is InChI=1S/C14H12N2O2/c1-9-4-3-5-11(6-9)16-13(17)7-10(2)12(8-15)14(16)18/h3-7,18H,1-2H3. The van der Waals surface area contributed by atoms with Crippen LogP contribution in [0.1, 0.15) is 16.7 Å². The molecule has 4 heteroatoms. The third-order valence-electron chi connectivity index (χ3n) is 2.76. The Morgan fingerprint density at radius 2 is 2.00 bits per heavy atom. The summed E-state index contributed by atoms with van der Waals surface area (Å²) in [5.41, 5.74) is 1.77. The first-order chi connectivity index (χ1) is 8.54. The topological polar surface area (TPSA) is 66.0 Å². The first-order valence-electron chi connectivity index (χ1n) is 5.47. The van der Waals surface area contributed by atoms with Crippen molar-refractivity contribution in [2.24, 2.45) is 0 Å². The van der Waals surface area contributed by atoms with Crippen LogP contribution in [0.3, 0.4) is 0 Å². The molecule has 0 saturated carbocycles. The van der Waals surface area contributed by atoms with Gasteiger partial charge in [-0.25, -0.2) is 4.57 Å². The van der Waals surface area contributed by atoms with Gasteiger partial charge < -0.3 is 5.11 Å². The second kappa shape index (κ2) is 4.38. The minimum Gasteiger partial charge on any atom is -0.493 e. The van der Waals surface area contributed by atoms with Crippen LogP contribution in [0.5, 0.6) is 5.88 Å². The normalized spacial score (nSPS) is 10.1. The average Bonchev–Trinajstić information content (AvgIpc) is 2.28. The Bertz CT molecular complexity index is 709. The molecule has 0 saturated heterocycles. The fraction of sp³-hybridized carbons (Fsp3) is 0.143. The van der Waals surface area contributed by atoms with Crippen LogP contribution in [-0.4, -0.2) is 9.67 Å². The zero-order valence-corrected chi connectivity index (χ0v) is 10.1. The number of nitriles is 1. The Labute approximate surface area is 104 Å². The Morgan fingerprint density at radius 3 is 2.61 bits per heavy atom. The predicted molar refractivity (Wildman–Crippen MR) is 67.9 cm³/mol. The van der Waals surface area contributed by atoms with Crippen LogP contribution in [0.25, 0.3) is 5.69 Å². The SMILES string of the molecule is Cc1cccc(-n2c(O)c(C#N)c(C)cc2=O)c1. The summed E-state index contributed by atoms with van der Waals surface area (Å²) in [5.74, 6) is -0.312. The van der Waals surface area contributed by atoms with Crippen LogP contribution in [0.2, 0.25) is 0 Å². The van der Waals surface area contributed by atoms with Crippen molar-refractivity contribution < 1.29 is 5.11 Å². The summed E-state index contributed by atoms with van der Waals surface area (Å²) < 4.78 is 1.14. The summed E-state index contributed by atoms with van der Waals surface area (Å²) in [6, 6.07) is 10.4. The molecule has 0 atom stereocenters. The van der Waals surface area contributed by atoms with Crippen molar-refractivity contribution in [1.29, 1.82) is 5.26 Å². The molecule has 0 aliphatic carbocycles. The molecule has 1 aromatic heterocycles. The number of aromatic hydroxyl groups is 1. The van der Waals surface area contributed by atoms with E-state index in [1.807, 2.05) is 19.1 Å². The molecule has 90 valence electrons. The molecule has 0 aliphatic heterocycles.